The van der Waals surface area contributed by atoms with E-state index in [1.165, 1.54) is 60.7 Å². The number of carboxylic acid groups (broad SMARTS) is 1. The highest BCUT2D eigenvalue weighted by Gasteiger charge is 2.51. The second kappa shape index (κ2) is 29.8. The number of nitrogens with one attached hydrogen (secondary N) is 4. The molecule has 9 bridgehead atoms. The normalized spacial score (nSPS) is 28.8. The van der Waals surface area contributed by atoms with Crippen LogP contribution < -0.4 is 42.2 Å². The SMILES string of the molecule is CC(C)CCC(=O)N[C@H]1CN[C@@H](CC(N)=O)C(=O)N[C@H]2C(=O)NCc3ccc(O)c(c3)-c3c(O)cc(O)cc3[C@@H](C(=O)O)C(=O)CCc3ccc(c(Cl)c3)OC3CC2=CC(=C3OC2OC(CO)C(O)C(O)C2OC2CC(C)(N)CC(CO)O2)Oc2ccc(cc2Cl)[C@H]1O. The number of carboxylic acids is 1. The number of fused-ring (bicyclic) bond motifs is 15. The average Bonchev–Trinajstić information content (AvgIpc) is 0.922. The van der Waals surface area contributed by atoms with Crippen molar-refractivity contribution in [2.75, 3.05) is 19.8 Å². The Bertz CT molecular complexity index is 3550. The zero-order chi connectivity index (χ0) is 67.3. The van der Waals surface area contributed by atoms with Crippen molar-refractivity contribution < 1.29 is 103 Å². The maximum Gasteiger partial charge on any atom is 0.318 e. The van der Waals surface area contributed by atoms with Crippen molar-refractivity contribution in [1.29, 1.82) is 0 Å². The average molecular weight is 1340 g/mol. The van der Waals surface area contributed by atoms with E-state index in [9.17, 15) is 65.1 Å². The van der Waals surface area contributed by atoms with Gasteiger partial charge in [-0.3, -0.25) is 28.8 Å². The van der Waals surface area contributed by atoms with Gasteiger partial charge >= 0.3 is 5.97 Å². The van der Waals surface area contributed by atoms with Gasteiger partial charge in [0, 0.05) is 61.5 Å². The van der Waals surface area contributed by atoms with Crippen molar-refractivity contribution in [3.05, 3.63) is 122 Å². The molecule has 4 amide bonds. The minimum Gasteiger partial charge on any atom is -0.508 e. The molecule has 0 aromatic heterocycles. The Balaban J connectivity index is 1.25. The fourth-order valence-corrected chi connectivity index (χ4v) is 12.3. The number of ether oxygens (including phenoxy) is 6. The number of hydrogen-bond donors (Lipinski definition) is 15. The summed E-state index contributed by atoms with van der Waals surface area (Å²) in [6.45, 7) is 3.36. The molecule has 7 aliphatic rings. The van der Waals surface area contributed by atoms with Gasteiger partial charge in [0.25, 0.3) is 0 Å². The summed E-state index contributed by atoms with van der Waals surface area (Å²) in [6, 6.07) is 9.50. The maximum absolute atomic E-state index is 15.4. The van der Waals surface area contributed by atoms with Crippen molar-refractivity contribution in [3.63, 3.8) is 0 Å². The molecule has 27 nitrogen and oxygen atoms in total. The number of carbonyl (C=O) groups excluding carboxylic acids is 5. The van der Waals surface area contributed by atoms with Gasteiger partial charge in [-0.25, -0.2) is 0 Å². The number of halogens is 2. The van der Waals surface area contributed by atoms with Crippen LogP contribution in [0.3, 0.4) is 0 Å². The third-order valence-corrected chi connectivity index (χ3v) is 17.3. The predicted octanol–water partition coefficient (Wildman–Crippen LogP) is 2.49. The van der Waals surface area contributed by atoms with Crippen LogP contribution in [0, 0.1) is 5.92 Å². The highest BCUT2D eigenvalue weighted by molar-refractivity contribution is 6.32. The lowest BCUT2D eigenvalue weighted by Gasteiger charge is -2.46. The molecule has 0 spiro atoms. The van der Waals surface area contributed by atoms with E-state index in [2.05, 4.69) is 21.3 Å². The molecule has 1 aliphatic carbocycles. The summed E-state index contributed by atoms with van der Waals surface area (Å²) in [4.78, 5) is 84.2. The van der Waals surface area contributed by atoms with Crippen LogP contribution in [0.5, 0.6) is 28.7 Å². The van der Waals surface area contributed by atoms with Crippen LogP contribution in [0.25, 0.3) is 11.1 Å². The summed E-state index contributed by atoms with van der Waals surface area (Å²) in [5, 5.41) is 111. The van der Waals surface area contributed by atoms with E-state index >= 15 is 9.59 Å². The Hall–Kier alpha value is -7.64. The molecule has 2 fully saturated rings. The number of phenols is 3. The van der Waals surface area contributed by atoms with E-state index in [4.69, 9.17) is 63.1 Å². The molecule has 502 valence electrons. The minimum absolute atomic E-state index is 0.00815. The highest BCUT2D eigenvalue weighted by atomic mass is 35.5. The first-order chi connectivity index (χ1) is 44.1. The Morgan fingerprint density at radius 3 is 2.28 bits per heavy atom. The van der Waals surface area contributed by atoms with Crippen molar-refractivity contribution in [2.24, 2.45) is 17.4 Å². The Labute approximate surface area is 543 Å². The number of benzene rings is 4. The van der Waals surface area contributed by atoms with E-state index in [1.807, 2.05) is 13.8 Å². The van der Waals surface area contributed by atoms with Gasteiger partial charge in [-0.15, -0.1) is 0 Å². The van der Waals surface area contributed by atoms with Crippen molar-refractivity contribution >= 4 is 58.6 Å². The molecule has 0 radical (unpaired) electrons. The summed E-state index contributed by atoms with van der Waals surface area (Å²) in [5.41, 5.74) is 11.1. The largest absolute Gasteiger partial charge is 0.508 e. The Morgan fingerprint density at radius 2 is 1.59 bits per heavy atom. The predicted molar refractivity (Wildman–Crippen MR) is 330 cm³/mol. The molecule has 29 heteroatoms. The number of rotatable bonds is 13. The lowest BCUT2D eigenvalue weighted by Crippen LogP contribution is -2.62. The third kappa shape index (κ3) is 16.7. The van der Waals surface area contributed by atoms with Crippen LogP contribution in [-0.2, 0) is 60.7 Å². The monoisotopic (exact) mass is 1330 g/mol. The number of carbonyl (C=O) groups is 6. The Kier molecular flexibility index (Phi) is 22.3. The van der Waals surface area contributed by atoms with Gasteiger partial charge in [-0.2, -0.15) is 0 Å². The van der Waals surface area contributed by atoms with Gasteiger partial charge in [0.05, 0.1) is 47.9 Å². The number of allylic oxidation sites excluding steroid dienone is 1. The number of aromatic hydroxyl groups is 3. The summed E-state index contributed by atoms with van der Waals surface area (Å²) in [5.74, 6) is -10.7. The van der Waals surface area contributed by atoms with Gasteiger partial charge < -0.3 is 107 Å². The summed E-state index contributed by atoms with van der Waals surface area (Å²) in [7, 11) is 0. The number of ketones is 1. The second-order valence-corrected chi connectivity index (χ2v) is 25.3. The maximum atomic E-state index is 15.4. The van der Waals surface area contributed by atoms with Crippen molar-refractivity contribution in [1.82, 2.24) is 21.3 Å². The molecule has 4 aromatic rings. The molecule has 9 unspecified atom stereocenters. The number of primary amides is 1. The van der Waals surface area contributed by atoms with Crippen molar-refractivity contribution in [2.45, 2.75) is 164 Å². The van der Waals surface area contributed by atoms with Crippen LogP contribution in [0.15, 0.2) is 89.9 Å². The molecule has 17 N–H and O–H groups in total. The van der Waals surface area contributed by atoms with Crippen LogP contribution in [0.2, 0.25) is 10.0 Å². The van der Waals surface area contributed by atoms with Gasteiger partial charge in [0.1, 0.15) is 65.1 Å². The van der Waals surface area contributed by atoms with Crippen LogP contribution in [-0.4, -0.2) is 174 Å². The number of aliphatic hydroxyl groups excluding tert-OH is 5. The second-order valence-electron chi connectivity index (χ2n) is 24.5. The first-order valence-corrected chi connectivity index (χ1v) is 30.9. The summed E-state index contributed by atoms with van der Waals surface area (Å²) in [6.07, 6.45) is -13.9. The molecule has 93 heavy (non-hydrogen) atoms. The lowest BCUT2D eigenvalue weighted by atomic mass is 9.84. The molecule has 14 atom stereocenters. The summed E-state index contributed by atoms with van der Waals surface area (Å²) < 4.78 is 38.8. The molecule has 11 rings (SSSR count). The quantitative estimate of drug-likeness (QED) is 0.0855. The summed E-state index contributed by atoms with van der Waals surface area (Å²) >= 11 is 14.1. The van der Waals surface area contributed by atoms with E-state index < -0.39 is 177 Å². The highest BCUT2D eigenvalue weighted by Crippen LogP contribution is 2.45. The van der Waals surface area contributed by atoms with Crippen LogP contribution in [0.4, 0.5) is 0 Å². The standard InChI is InChI=1S/C64H76Cl2N6O21/c1-28(2)4-13-50(80)71-40-25-69-39(21-49(67)79)60(84)72-54-32-17-46(89-44-11-7-29(15-37(44)65)5-10-42(77)53(62(86)87)36-19-33(75)20-43(78)52(36)35-14-30(6-9-41(35)76)24-70-61(54)85)58(47(18-32)90-45-12-8-31(55(40)81)16-38(45)66)93-63-59(57(83)56(82)48(27-74)91-63)92-51-23-64(3,68)22-34(26-73)88-51/h6-9,11-12,14-16,18-20,28,34,39-40,46,48,51,53-57,59,63,69,73-76,78,81-83H,4-5,10,13,17,21-27,68H2,1-3H3,(H2,67,79)(H,70,85)(H,71,80)(H,72,84)(H,86,87)/t34?,39-,40-,46?,48?,51?,53+,54+,55+,56?,57?,59?,63?,64?/m0/s1. The molecular weight excluding hydrogens is 1260 g/mol. The first kappa shape index (κ1) is 69.7. The number of phenolic OH excluding ortho intramolecular Hbond substituents is 3. The number of nitrogens with two attached hydrogens (primary N) is 2. The lowest BCUT2D eigenvalue weighted by molar-refractivity contribution is -0.339. The zero-order valence-electron chi connectivity index (χ0n) is 50.8. The first-order valence-electron chi connectivity index (χ1n) is 30.2. The smallest absolute Gasteiger partial charge is 0.318 e. The van der Waals surface area contributed by atoms with E-state index in [1.54, 1.807) is 6.92 Å². The van der Waals surface area contributed by atoms with E-state index in [-0.39, 0.29) is 105 Å². The molecule has 6 heterocycles. The van der Waals surface area contributed by atoms with Gasteiger partial charge in [0.2, 0.25) is 29.9 Å². The molecule has 6 aliphatic heterocycles. The number of aryl methyl sites for hydroxylation is 1. The third-order valence-electron chi connectivity index (χ3n) is 16.7. The van der Waals surface area contributed by atoms with Crippen LogP contribution in [0.1, 0.15) is 100.0 Å². The fraction of sp³-hybridized carbons (Fsp3) is 0.469. The topological polar surface area (TPSA) is 440 Å². The fourth-order valence-electron chi connectivity index (χ4n) is 11.9. The number of hydrogen-bond acceptors (Lipinski definition) is 22. The number of amides is 4. The van der Waals surface area contributed by atoms with Crippen LogP contribution >= 0.6 is 23.2 Å². The number of aliphatic hydroxyl groups is 5. The van der Waals surface area contributed by atoms with Crippen molar-refractivity contribution in [3.8, 4) is 39.9 Å². The molecule has 0 saturated carbocycles. The molecule has 4 aromatic carbocycles. The number of aliphatic carboxylic acids is 1. The Morgan fingerprint density at radius 1 is 0.860 bits per heavy atom. The molecular formula is C64H76Cl2N6O21. The number of Topliss-reactive ketones (excluding diaryl/α,β-unsaturated/α-hetero) is 1. The van der Waals surface area contributed by atoms with E-state index in [0.29, 0.717) is 12.0 Å². The zero-order valence-corrected chi connectivity index (χ0v) is 52.3. The van der Waals surface area contributed by atoms with Gasteiger partial charge in [-0.05, 0) is 108 Å². The van der Waals surface area contributed by atoms with E-state index in [0.717, 1.165) is 12.1 Å². The molecule has 2 saturated heterocycles. The minimum atomic E-state index is -2.03. The van der Waals surface area contributed by atoms with Gasteiger partial charge in [-0.1, -0.05) is 55.2 Å². The van der Waals surface area contributed by atoms with Gasteiger partial charge in [0.15, 0.2) is 35.8 Å².